The molecule has 20 heavy (non-hydrogen) atoms. The van der Waals surface area contributed by atoms with Gasteiger partial charge in [-0.15, -0.1) is 0 Å². The van der Waals surface area contributed by atoms with Crippen LogP contribution in [0.3, 0.4) is 0 Å². The first-order valence-corrected chi connectivity index (χ1v) is 9.06. The van der Waals surface area contributed by atoms with E-state index in [0.29, 0.717) is 6.04 Å². The van der Waals surface area contributed by atoms with Crippen molar-refractivity contribution < 1.29 is 4.21 Å². The molecule has 0 aliphatic carbocycles. The smallest absolute Gasteiger partial charge is 0.0579 e. The van der Waals surface area contributed by atoms with Crippen LogP contribution in [-0.4, -0.2) is 22.0 Å². The molecule has 1 rings (SSSR count). The molecule has 1 aromatic rings. The van der Waals surface area contributed by atoms with Gasteiger partial charge in [-0.1, -0.05) is 45.4 Å². The predicted molar refractivity (Wildman–Crippen MR) is 88.7 cm³/mol. The van der Waals surface area contributed by atoms with Crippen LogP contribution in [0.1, 0.15) is 52.0 Å². The first-order chi connectivity index (χ1) is 9.65. The highest BCUT2D eigenvalue weighted by molar-refractivity contribution is 7.85. The molecule has 0 radical (unpaired) electrons. The van der Waals surface area contributed by atoms with Crippen molar-refractivity contribution in [1.29, 1.82) is 0 Å². The van der Waals surface area contributed by atoms with Gasteiger partial charge in [-0.25, -0.2) is 0 Å². The summed E-state index contributed by atoms with van der Waals surface area (Å²) >= 11 is 0. The van der Waals surface area contributed by atoms with E-state index in [9.17, 15) is 4.21 Å². The number of hydrogen-bond acceptors (Lipinski definition) is 2. The average molecular weight is 295 g/mol. The topological polar surface area (TPSA) is 29.1 Å². The van der Waals surface area contributed by atoms with Crippen molar-refractivity contribution in [3.63, 3.8) is 0 Å². The van der Waals surface area contributed by atoms with Gasteiger partial charge in [0.2, 0.25) is 0 Å². The number of rotatable bonds is 9. The third-order valence-corrected chi connectivity index (χ3v) is 5.80. The molecule has 0 fully saturated rings. The monoisotopic (exact) mass is 295 g/mol. The fourth-order valence-electron chi connectivity index (χ4n) is 2.59. The van der Waals surface area contributed by atoms with Gasteiger partial charge in [0.05, 0.1) is 16.0 Å². The molecule has 3 atom stereocenters. The molecular formula is C17H29NOS. The van der Waals surface area contributed by atoms with Crippen LogP contribution >= 0.6 is 0 Å². The second-order valence-corrected chi connectivity index (χ2v) is 7.00. The van der Waals surface area contributed by atoms with Crippen LogP contribution in [-0.2, 0) is 10.8 Å². The first kappa shape index (κ1) is 17.4. The van der Waals surface area contributed by atoms with E-state index in [-0.39, 0.29) is 5.25 Å². The molecule has 0 heterocycles. The van der Waals surface area contributed by atoms with Crippen LogP contribution in [0.25, 0.3) is 0 Å². The minimum atomic E-state index is -0.930. The van der Waals surface area contributed by atoms with Crippen LogP contribution < -0.4 is 5.32 Å². The Hall–Kier alpha value is -0.670. The summed E-state index contributed by atoms with van der Waals surface area (Å²) in [6.45, 7) is 9.58. The quantitative estimate of drug-likeness (QED) is 0.744. The van der Waals surface area contributed by atoms with E-state index in [1.54, 1.807) is 0 Å². The maximum Gasteiger partial charge on any atom is 0.0579 e. The standard InChI is InChI=1S/C17H29NOS/c1-5-10-15(18-13-6-2)16(7-3)20(19)17-12-9-8-11-14(17)4/h8-9,11-12,15-16,18H,5-7,10,13H2,1-4H3. The third-order valence-electron chi connectivity index (χ3n) is 3.69. The molecule has 0 saturated carbocycles. The summed E-state index contributed by atoms with van der Waals surface area (Å²) in [5.41, 5.74) is 1.13. The van der Waals surface area contributed by atoms with E-state index >= 15 is 0 Å². The van der Waals surface area contributed by atoms with Gasteiger partial charge in [0.25, 0.3) is 0 Å². The zero-order valence-corrected chi connectivity index (χ0v) is 14.1. The SMILES string of the molecule is CCCNC(CCC)C(CC)S(=O)c1ccccc1C. The van der Waals surface area contributed by atoms with Crippen LogP contribution in [0.4, 0.5) is 0 Å². The number of hydrogen-bond donors (Lipinski definition) is 1. The molecule has 0 aliphatic rings. The summed E-state index contributed by atoms with van der Waals surface area (Å²) < 4.78 is 12.9. The van der Waals surface area contributed by atoms with Crippen molar-refractivity contribution in [2.45, 2.75) is 69.6 Å². The Bertz CT molecular complexity index is 419. The van der Waals surface area contributed by atoms with Crippen LogP contribution in [0, 0.1) is 6.92 Å². The number of benzene rings is 1. The molecule has 0 aliphatic heterocycles. The second-order valence-electron chi connectivity index (χ2n) is 5.36. The molecule has 1 N–H and O–H groups in total. The molecule has 114 valence electrons. The zero-order chi connectivity index (χ0) is 15.0. The van der Waals surface area contributed by atoms with Crippen LogP contribution in [0.5, 0.6) is 0 Å². The second kappa shape index (κ2) is 9.30. The Balaban J connectivity index is 2.91. The Morgan fingerprint density at radius 1 is 1.15 bits per heavy atom. The molecule has 3 unspecified atom stereocenters. The zero-order valence-electron chi connectivity index (χ0n) is 13.3. The lowest BCUT2D eigenvalue weighted by molar-refractivity contribution is 0.447. The minimum Gasteiger partial charge on any atom is -0.313 e. The summed E-state index contributed by atoms with van der Waals surface area (Å²) in [7, 11) is -0.930. The van der Waals surface area contributed by atoms with Gasteiger partial charge in [0.15, 0.2) is 0 Å². The summed E-state index contributed by atoms with van der Waals surface area (Å²) in [4.78, 5) is 0.999. The molecule has 0 bridgehead atoms. The number of nitrogens with one attached hydrogen (secondary N) is 1. The van der Waals surface area contributed by atoms with Gasteiger partial charge in [-0.3, -0.25) is 4.21 Å². The highest BCUT2D eigenvalue weighted by Gasteiger charge is 2.26. The maximum atomic E-state index is 12.9. The Labute approximate surface area is 126 Å². The van der Waals surface area contributed by atoms with E-state index in [2.05, 4.69) is 26.1 Å². The van der Waals surface area contributed by atoms with E-state index < -0.39 is 10.8 Å². The lowest BCUT2D eigenvalue weighted by Crippen LogP contribution is -2.42. The predicted octanol–water partition coefficient (Wildman–Crippen LogP) is 4.05. The Morgan fingerprint density at radius 2 is 1.85 bits per heavy atom. The first-order valence-electron chi connectivity index (χ1n) is 7.85. The Kier molecular flexibility index (Phi) is 8.08. The lowest BCUT2D eigenvalue weighted by Gasteiger charge is -2.27. The fraction of sp³-hybridized carbons (Fsp3) is 0.647. The van der Waals surface area contributed by atoms with E-state index in [0.717, 1.165) is 42.7 Å². The van der Waals surface area contributed by atoms with Gasteiger partial charge < -0.3 is 5.32 Å². The largest absolute Gasteiger partial charge is 0.313 e. The van der Waals surface area contributed by atoms with Gasteiger partial charge >= 0.3 is 0 Å². The molecule has 0 aromatic heterocycles. The van der Waals surface area contributed by atoms with Gasteiger partial charge in [0.1, 0.15) is 0 Å². The normalized spacial score (nSPS) is 15.8. The van der Waals surface area contributed by atoms with Crippen LogP contribution in [0.2, 0.25) is 0 Å². The summed E-state index contributed by atoms with van der Waals surface area (Å²) in [5, 5.41) is 3.80. The van der Waals surface area contributed by atoms with Gasteiger partial charge in [0, 0.05) is 10.9 Å². The maximum absolute atomic E-state index is 12.9. The van der Waals surface area contributed by atoms with Crippen molar-refractivity contribution in [3.05, 3.63) is 29.8 Å². The van der Waals surface area contributed by atoms with Gasteiger partial charge in [-0.2, -0.15) is 0 Å². The minimum absolute atomic E-state index is 0.197. The molecule has 2 nitrogen and oxygen atoms in total. The summed E-state index contributed by atoms with van der Waals surface area (Å²) in [6.07, 6.45) is 4.29. The molecule has 0 amide bonds. The Morgan fingerprint density at radius 3 is 2.40 bits per heavy atom. The molecule has 1 aromatic carbocycles. The summed E-state index contributed by atoms with van der Waals surface area (Å²) in [5.74, 6) is 0. The van der Waals surface area contributed by atoms with Crippen molar-refractivity contribution in [3.8, 4) is 0 Å². The van der Waals surface area contributed by atoms with Crippen LogP contribution in [0.15, 0.2) is 29.2 Å². The van der Waals surface area contributed by atoms with Gasteiger partial charge in [-0.05, 0) is 44.4 Å². The van der Waals surface area contributed by atoms with E-state index in [1.807, 2.05) is 31.2 Å². The van der Waals surface area contributed by atoms with E-state index in [4.69, 9.17) is 0 Å². The average Bonchev–Trinajstić information content (AvgIpc) is 2.45. The van der Waals surface area contributed by atoms with Crippen molar-refractivity contribution >= 4 is 10.8 Å². The van der Waals surface area contributed by atoms with E-state index in [1.165, 1.54) is 0 Å². The third kappa shape index (κ3) is 4.71. The van der Waals surface area contributed by atoms with Crippen molar-refractivity contribution in [1.82, 2.24) is 5.32 Å². The highest BCUT2D eigenvalue weighted by Crippen LogP contribution is 2.22. The fourth-order valence-corrected chi connectivity index (χ4v) is 4.35. The lowest BCUT2D eigenvalue weighted by atomic mass is 10.1. The summed E-state index contributed by atoms with van der Waals surface area (Å²) in [6, 6.07) is 8.41. The highest BCUT2D eigenvalue weighted by atomic mass is 32.2. The van der Waals surface area contributed by atoms with Crippen molar-refractivity contribution in [2.75, 3.05) is 6.54 Å². The van der Waals surface area contributed by atoms with Crippen molar-refractivity contribution in [2.24, 2.45) is 0 Å². The molecule has 0 saturated heterocycles. The molecule has 0 spiro atoms. The molecule has 3 heteroatoms. The number of aryl methyl sites for hydroxylation is 1. The molecular weight excluding hydrogens is 266 g/mol.